The van der Waals surface area contributed by atoms with E-state index < -0.39 is 0 Å². The fourth-order valence-electron chi connectivity index (χ4n) is 3.12. The number of hydrogen-bond acceptors (Lipinski definition) is 1. The van der Waals surface area contributed by atoms with Crippen molar-refractivity contribution in [1.29, 1.82) is 0 Å². The van der Waals surface area contributed by atoms with Gasteiger partial charge in [0.05, 0.1) is 0 Å². The third-order valence-electron chi connectivity index (χ3n) is 4.47. The van der Waals surface area contributed by atoms with E-state index in [1.807, 2.05) is 0 Å². The van der Waals surface area contributed by atoms with Crippen LogP contribution in [-0.4, -0.2) is 13.6 Å². The summed E-state index contributed by atoms with van der Waals surface area (Å²) in [4.78, 5) is 0. The molecule has 1 N–H and O–H groups in total. The molecule has 0 aliphatic heterocycles. The summed E-state index contributed by atoms with van der Waals surface area (Å²) in [5.41, 5.74) is 2.28. The highest BCUT2D eigenvalue weighted by Crippen LogP contribution is 2.54. The van der Waals surface area contributed by atoms with Crippen molar-refractivity contribution in [2.24, 2.45) is 11.3 Å². The first-order chi connectivity index (χ1) is 8.37. The Kier molecular flexibility index (Phi) is 3.89. The van der Waals surface area contributed by atoms with Crippen LogP contribution in [0.2, 0.25) is 0 Å². The Morgan fingerprint density at radius 2 is 1.78 bits per heavy atom. The van der Waals surface area contributed by atoms with Gasteiger partial charge in [-0.1, -0.05) is 48.8 Å². The lowest BCUT2D eigenvalue weighted by molar-refractivity contribution is 0.0460. The topological polar surface area (TPSA) is 12.0 Å². The molecule has 0 bridgehead atoms. The van der Waals surface area contributed by atoms with Crippen molar-refractivity contribution >= 4 is 15.9 Å². The van der Waals surface area contributed by atoms with Gasteiger partial charge >= 0.3 is 0 Å². The zero-order valence-corrected chi connectivity index (χ0v) is 13.5. The molecule has 0 unspecified atom stereocenters. The normalized spacial score (nSPS) is 27.9. The van der Waals surface area contributed by atoms with E-state index in [1.54, 1.807) is 0 Å². The second-order valence-electron chi connectivity index (χ2n) is 6.79. The monoisotopic (exact) mass is 309 g/mol. The van der Waals surface area contributed by atoms with E-state index in [0.29, 0.717) is 10.8 Å². The van der Waals surface area contributed by atoms with Crippen LogP contribution in [0.15, 0.2) is 28.7 Å². The highest BCUT2D eigenvalue weighted by atomic mass is 79.9. The van der Waals surface area contributed by atoms with Crippen LogP contribution in [0.3, 0.4) is 0 Å². The molecule has 1 aromatic carbocycles. The third-order valence-corrected chi connectivity index (χ3v) is 5.00. The van der Waals surface area contributed by atoms with Gasteiger partial charge < -0.3 is 5.32 Å². The van der Waals surface area contributed by atoms with Gasteiger partial charge in [-0.2, -0.15) is 0 Å². The third kappa shape index (κ3) is 2.65. The highest BCUT2D eigenvalue weighted by molar-refractivity contribution is 9.10. The van der Waals surface area contributed by atoms with Crippen molar-refractivity contribution in [3.05, 3.63) is 34.3 Å². The quantitative estimate of drug-likeness (QED) is 0.874. The van der Waals surface area contributed by atoms with E-state index in [2.05, 4.69) is 73.3 Å². The first kappa shape index (κ1) is 14.1. The first-order valence-electron chi connectivity index (χ1n) is 6.78. The molecule has 0 radical (unpaired) electrons. The smallest absolute Gasteiger partial charge is 0.0175 e. The molecule has 0 aromatic heterocycles. The molecule has 0 spiro atoms. The summed E-state index contributed by atoms with van der Waals surface area (Å²) in [7, 11) is 2.06. The Bertz CT molecular complexity index is 396. The average molecular weight is 310 g/mol. The fourth-order valence-corrected chi connectivity index (χ4v) is 3.38. The maximum absolute atomic E-state index is 3.52. The van der Waals surface area contributed by atoms with Gasteiger partial charge in [-0.05, 0) is 48.9 Å². The lowest BCUT2D eigenvalue weighted by Crippen LogP contribution is -2.51. The maximum Gasteiger partial charge on any atom is 0.0175 e. The number of rotatable bonds is 3. The lowest BCUT2D eigenvalue weighted by atomic mass is 9.52. The molecule has 1 fully saturated rings. The Morgan fingerprint density at radius 1 is 1.22 bits per heavy atom. The van der Waals surface area contributed by atoms with Crippen LogP contribution in [-0.2, 0) is 5.41 Å². The summed E-state index contributed by atoms with van der Waals surface area (Å²) in [6.45, 7) is 8.18. The van der Waals surface area contributed by atoms with Gasteiger partial charge in [0.1, 0.15) is 0 Å². The molecule has 1 saturated carbocycles. The van der Waals surface area contributed by atoms with Gasteiger partial charge in [-0.15, -0.1) is 0 Å². The van der Waals surface area contributed by atoms with Gasteiger partial charge in [0.2, 0.25) is 0 Å². The van der Waals surface area contributed by atoms with Crippen LogP contribution in [0.1, 0.15) is 39.2 Å². The minimum Gasteiger partial charge on any atom is -0.319 e. The minimum atomic E-state index is 0.355. The molecule has 18 heavy (non-hydrogen) atoms. The van der Waals surface area contributed by atoms with Crippen molar-refractivity contribution in [2.45, 2.75) is 39.0 Å². The van der Waals surface area contributed by atoms with Crippen LogP contribution in [0.5, 0.6) is 0 Å². The van der Waals surface area contributed by atoms with Crippen molar-refractivity contribution in [3.8, 4) is 0 Å². The molecule has 0 atom stereocenters. The second kappa shape index (κ2) is 4.97. The van der Waals surface area contributed by atoms with Gasteiger partial charge in [-0.3, -0.25) is 0 Å². The number of hydrogen-bond donors (Lipinski definition) is 1. The Morgan fingerprint density at radius 3 is 2.22 bits per heavy atom. The van der Waals surface area contributed by atoms with Gasteiger partial charge in [0.15, 0.2) is 0 Å². The molecule has 1 nitrogen and oxygen atoms in total. The highest BCUT2D eigenvalue weighted by Gasteiger charge is 2.48. The summed E-state index contributed by atoms with van der Waals surface area (Å²) in [5.74, 6) is 0.842. The predicted octanol–water partition coefficient (Wildman–Crippen LogP) is 4.36. The van der Waals surface area contributed by atoms with E-state index >= 15 is 0 Å². The first-order valence-corrected chi connectivity index (χ1v) is 7.57. The molecule has 2 rings (SSSR count). The lowest BCUT2D eigenvalue weighted by Gasteiger charge is -2.53. The zero-order valence-electron chi connectivity index (χ0n) is 11.9. The minimum absolute atomic E-state index is 0.355. The fraction of sp³-hybridized carbons (Fsp3) is 0.625. The molecule has 1 aromatic rings. The standard InChI is InChI=1S/C16H24BrN/c1-15(2,3)13-9-16(10-13,11-18-4)12-5-7-14(17)8-6-12/h5-8,13,18H,9-11H2,1-4H3. The van der Waals surface area contributed by atoms with Crippen molar-refractivity contribution in [3.63, 3.8) is 0 Å². The van der Waals surface area contributed by atoms with E-state index in [9.17, 15) is 0 Å². The summed E-state index contributed by atoms with van der Waals surface area (Å²) >= 11 is 3.52. The van der Waals surface area contributed by atoms with Crippen LogP contribution < -0.4 is 5.32 Å². The van der Waals surface area contributed by atoms with Crippen molar-refractivity contribution in [2.75, 3.05) is 13.6 Å². The average Bonchev–Trinajstić information content (AvgIpc) is 2.22. The Balaban J connectivity index is 2.18. The molecule has 100 valence electrons. The maximum atomic E-state index is 3.52. The van der Waals surface area contributed by atoms with E-state index in [0.717, 1.165) is 16.9 Å². The summed E-state index contributed by atoms with van der Waals surface area (Å²) in [6, 6.07) is 8.88. The van der Waals surface area contributed by atoms with Crippen LogP contribution in [0.25, 0.3) is 0 Å². The molecular weight excluding hydrogens is 286 g/mol. The van der Waals surface area contributed by atoms with Gasteiger partial charge in [-0.25, -0.2) is 0 Å². The van der Waals surface area contributed by atoms with E-state index in [4.69, 9.17) is 0 Å². The van der Waals surface area contributed by atoms with Crippen LogP contribution in [0.4, 0.5) is 0 Å². The molecule has 1 aliphatic carbocycles. The Hall–Kier alpha value is -0.340. The summed E-state index contributed by atoms with van der Waals surface area (Å²) < 4.78 is 1.16. The van der Waals surface area contributed by atoms with Crippen LogP contribution in [0, 0.1) is 11.3 Å². The summed E-state index contributed by atoms with van der Waals surface area (Å²) in [6.07, 6.45) is 2.61. The van der Waals surface area contributed by atoms with Crippen molar-refractivity contribution in [1.82, 2.24) is 5.32 Å². The largest absolute Gasteiger partial charge is 0.319 e. The van der Waals surface area contributed by atoms with Gasteiger partial charge in [0, 0.05) is 16.4 Å². The Labute approximate surface area is 119 Å². The van der Waals surface area contributed by atoms with Crippen molar-refractivity contribution < 1.29 is 0 Å². The molecule has 0 amide bonds. The molecule has 0 saturated heterocycles. The molecular formula is C16H24BrN. The SMILES string of the molecule is CNCC1(c2ccc(Br)cc2)CC(C(C)(C)C)C1. The molecule has 1 aliphatic rings. The van der Waals surface area contributed by atoms with Gasteiger partial charge in [0.25, 0.3) is 0 Å². The number of benzene rings is 1. The van der Waals surface area contributed by atoms with Crippen LogP contribution >= 0.6 is 15.9 Å². The predicted molar refractivity (Wildman–Crippen MR) is 81.9 cm³/mol. The summed E-state index contributed by atoms with van der Waals surface area (Å²) in [5, 5.41) is 3.38. The van der Waals surface area contributed by atoms with E-state index in [1.165, 1.54) is 18.4 Å². The number of nitrogens with one attached hydrogen (secondary N) is 1. The zero-order chi connectivity index (χ0) is 13.4. The number of likely N-dealkylation sites (N-methyl/N-ethyl adjacent to an activating group) is 1. The number of halogens is 1. The second-order valence-corrected chi connectivity index (χ2v) is 7.70. The van der Waals surface area contributed by atoms with E-state index in [-0.39, 0.29) is 0 Å². The molecule has 2 heteroatoms. The molecule has 0 heterocycles.